The summed E-state index contributed by atoms with van der Waals surface area (Å²) in [7, 11) is 1.63. The van der Waals surface area contributed by atoms with Gasteiger partial charge < -0.3 is 24.7 Å². The van der Waals surface area contributed by atoms with Crippen molar-refractivity contribution in [3.63, 3.8) is 0 Å². The number of methoxy groups -OCH3 is 1. The van der Waals surface area contributed by atoms with Crippen molar-refractivity contribution in [1.29, 1.82) is 0 Å². The van der Waals surface area contributed by atoms with E-state index >= 15 is 0 Å². The molecule has 0 aliphatic rings. The maximum Gasteiger partial charge on any atom is 0.239 e. The van der Waals surface area contributed by atoms with Crippen LogP contribution in [0.3, 0.4) is 0 Å². The minimum absolute atomic E-state index is 0.145. The molecule has 0 aliphatic carbocycles. The summed E-state index contributed by atoms with van der Waals surface area (Å²) in [6.45, 7) is 8.88. The summed E-state index contributed by atoms with van der Waals surface area (Å²) in [5.74, 6) is -0.427. The van der Waals surface area contributed by atoms with Crippen LogP contribution in [-0.2, 0) is 23.7 Å². The van der Waals surface area contributed by atoms with Gasteiger partial charge in [0.15, 0.2) is 0 Å². The number of hydrogen-bond acceptors (Lipinski definition) is 6. The third kappa shape index (κ3) is 10.6. The van der Waals surface area contributed by atoms with Gasteiger partial charge in [0.25, 0.3) is 0 Å². The minimum atomic E-state index is -0.864. The van der Waals surface area contributed by atoms with E-state index in [2.05, 4.69) is 5.32 Å². The molecule has 0 radical (unpaired) electrons. The Hall–Kier alpha value is -0.730. The Kier molecular flexibility index (Phi) is 11.5. The molecule has 0 spiro atoms. The van der Waals surface area contributed by atoms with Crippen LogP contribution in [0.2, 0.25) is 0 Å². The van der Waals surface area contributed by atoms with Crippen LogP contribution in [0.5, 0.6) is 0 Å². The molecule has 3 N–H and O–H groups in total. The summed E-state index contributed by atoms with van der Waals surface area (Å²) >= 11 is 0. The molecule has 0 aromatic rings. The molecule has 7 heteroatoms. The molecule has 0 fully saturated rings. The smallest absolute Gasteiger partial charge is 0.239 e. The van der Waals surface area contributed by atoms with Crippen molar-refractivity contribution in [3.8, 4) is 0 Å². The fraction of sp³-hybridized carbons (Fsp3) is 0.929. The number of carbonyl (C=O) groups excluding carboxylic acids is 1. The number of nitrogens with two attached hydrogens (primary N) is 1. The quantitative estimate of drug-likeness (QED) is 0.436. The van der Waals surface area contributed by atoms with Gasteiger partial charge in [0.1, 0.15) is 5.54 Å². The van der Waals surface area contributed by atoms with Crippen molar-refractivity contribution in [3.05, 3.63) is 0 Å². The Bertz CT molecular complexity index is 276. The Labute approximate surface area is 127 Å². The van der Waals surface area contributed by atoms with E-state index in [0.29, 0.717) is 39.6 Å². The van der Waals surface area contributed by atoms with Crippen LogP contribution in [0, 0.1) is 0 Å². The van der Waals surface area contributed by atoms with E-state index in [1.807, 2.05) is 13.8 Å². The lowest BCUT2D eigenvalue weighted by atomic mass is 10.0. The third-order valence-corrected chi connectivity index (χ3v) is 2.72. The van der Waals surface area contributed by atoms with Crippen molar-refractivity contribution in [1.82, 2.24) is 5.32 Å². The summed E-state index contributed by atoms with van der Waals surface area (Å²) in [4.78, 5) is 11.5. The van der Waals surface area contributed by atoms with Gasteiger partial charge in [-0.15, -0.1) is 0 Å². The minimum Gasteiger partial charge on any atom is -0.382 e. The number of amides is 1. The van der Waals surface area contributed by atoms with E-state index in [9.17, 15) is 4.79 Å². The largest absolute Gasteiger partial charge is 0.382 e. The number of primary amides is 1. The van der Waals surface area contributed by atoms with Gasteiger partial charge in [-0.25, -0.2) is 0 Å². The molecular formula is C14H30N2O5. The van der Waals surface area contributed by atoms with E-state index < -0.39 is 11.4 Å². The molecule has 0 aliphatic heterocycles. The van der Waals surface area contributed by atoms with E-state index in [1.54, 1.807) is 14.0 Å². The van der Waals surface area contributed by atoms with Gasteiger partial charge in [0, 0.05) is 13.2 Å². The Morgan fingerprint density at radius 2 is 1.52 bits per heavy atom. The molecule has 0 saturated heterocycles. The summed E-state index contributed by atoms with van der Waals surface area (Å²) in [5, 5.41) is 3.11. The summed E-state index contributed by atoms with van der Waals surface area (Å²) in [6, 6.07) is 0.145. The molecule has 0 aromatic carbocycles. The molecule has 1 unspecified atom stereocenters. The van der Waals surface area contributed by atoms with Gasteiger partial charge in [-0.1, -0.05) is 0 Å². The van der Waals surface area contributed by atoms with Crippen molar-refractivity contribution in [2.45, 2.75) is 32.4 Å². The van der Waals surface area contributed by atoms with Crippen molar-refractivity contribution in [2.75, 3.05) is 53.4 Å². The normalized spacial score (nSPS) is 14.3. The summed E-state index contributed by atoms with van der Waals surface area (Å²) in [6.07, 6.45) is 0. The van der Waals surface area contributed by atoms with Gasteiger partial charge >= 0.3 is 0 Å². The van der Waals surface area contributed by atoms with E-state index in [-0.39, 0.29) is 12.6 Å². The second kappa shape index (κ2) is 11.9. The summed E-state index contributed by atoms with van der Waals surface area (Å²) in [5.41, 5.74) is 4.54. The molecule has 0 saturated carbocycles. The monoisotopic (exact) mass is 306 g/mol. The second-order valence-corrected chi connectivity index (χ2v) is 5.27. The molecule has 7 nitrogen and oxygen atoms in total. The number of hydrogen-bond donors (Lipinski definition) is 2. The van der Waals surface area contributed by atoms with Crippen LogP contribution in [0.4, 0.5) is 0 Å². The van der Waals surface area contributed by atoms with E-state index in [0.717, 1.165) is 0 Å². The lowest BCUT2D eigenvalue weighted by Gasteiger charge is -2.29. The highest BCUT2D eigenvalue weighted by Gasteiger charge is 2.31. The van der Waals surface area contributed by atoms with Crippen LogP contribution in [0.15, 0.2) is 0 Å². The van der Waals surface area contributed by atoms with Crippen molar-refractivity contribution < 1.29 is 23.7 Å². The standard InChI is InChI=1S/C14H30N2O5/c1-12(2)16-14(3,13(15)17)11-21-10-9-20-8-7-19-6-5-18-4/h12,16H,5-11H2,1-4H3,(H2,15,17). The fourth-order valence-corrected chi connectivity index (χ4v) is 1.68. The highest BCUT2D eigenvalue weighted by Crippen LogP contribution is 2.05. The topological polar surface area (TPSA) is 92.0 Å². The van der Waals surface area contributed by atoms with Gasteiger partial charge in [-0.3, -0.25) is 10.1 Å². The Balaban J connectivity index is 3.61. The summed E-state index contributed by atoms with van der Waals surface area (Å²) < 4.78 is 20.9. The first kappa shape index (κ1) is 20.3. The van der Waals surface area contributed by atoms with Crippen molar-refractivity contribution in [2.24, 2.45) is 5.73 Å². The molecule has 0 rings (SSSR count). The molecule has 0 heterocycles. The lowest BCUT2D eigenvalue weighted by molar-refractivity contribution is -0.127. The zero-order valence-corrected chi connectivity index (χ0v) is 13.6. The zero-order valence-electron chi connectivity index (χ0n) is 13.6. The number of ether oxygens (including phenoxy) is 4. The molecule has 1 atom stereocenters. The first-order valence-electron chi connectivity index (χ1n) is 7.22. The average Bonchev–Trinajstić information content (AvgIpc) is 2.40. The second-order valence-electron chi connectivity index (χ2n) is 5.27. The van der Waals surface area contributed by atoms with E-state index in [1.165, 1.54) is 0 Å². The molecule has 126 valence electrons. The molecule has 21 heavy (non-hydrogen) atoms. The number of nitrogens with one attached hydrogen (secondary N) is 1. The van der Waals surface area contributed by atoms with Crippen molar-refractivity contribution >= 4 is 5.91 Å². The van der Waals surface area contributed by atoms with Crippen LogP contribution < -0.4 is 11.1 Å². The molecule has 0 aromatic heterocycles. The van der Waals surface area contributed by atoms with Crippen LogP contribution in [0.1, 0.15) is 20.8 Å². The Morgan fingerprint density at radius 3 is 1.95 bits per heavy atom. The predicted octanol–water partition coefficient (Wildman–Crippen LogP) is -0.0754. The van der Waals surface area contributed by atoms with Gasteiger partial charge in [0.05, 0.1) is 46.2 Å². The van der Waals surface area contributed by atoms with E-state index in [4.69, 9.17) is 24.7 Å². The van der Waals surface area contributed by atoms with Crippen LogP contribution in [0.25, 0.3) is 0 Å². The van der Waals surface area contributed by atoms with Gasteiger partial charge in [0.2, 0.25) is 5.91 Å². The predicted molar refractivity (Wildman–Crippen MR) is 80.2 cm³/mol. The number of rotatable bonds is 14. The Morgan fingerprint density at radius 1 is 1.05 bits per heavy atom. The lowest BCUT2D eigenvalue weighted by Crippen LogP contribution is -2.58. The number of carbonyl (C=O) groups is 1. The van der Waals surface area contributed by atoms with Gasteiger partial charge in [-0.2, -0.15) is 0 Å². The third-order valence-electron chi connectivity index (χ3n) is 2.72. The highest BCUT2D eigenvalue weighted by molar-refractivity contribution is 5.84. The maximum atomic E-state index is 11.5. The molecule has 1 amide bonds. The fourth-order valence-electron chi connectivity index (χ4n) is 1.68. The van der Waals surface area contributed by atoms with Crippen LogP contribution in [-0.4, -0.2) is 70.8 Å². The first-order valence-corrected chi connectivity index (χ1v) is 7.22. The average molecular weight is 306 g/mol. The maximum absolute atomic E-state index is 11.5. The van der Waals surface area contributed by atoms with Crippen LogP contribution >= 0.6 is 0 Å². The zero-order chi connectivity index (χ0) is 16.1. The molecular weight excluding hydrogens is 276 g/mol. The molecule has 0 bridgehead atoms. The highest BCUT2D eigenvalue weighted by atomic mass is 16.6. The SMILES string of the molecule is COCCOCCOCCOCC(C)(NC(C)C)C(N)=O. The first-order chi connectivity index (χ1) is 9.92. The van der Waals surface area contributed by atoms with Gasteiger partial charge in [-0.05, 0) is 20.8 Å².